The summed E-state index contributed by atoms with van der Waals surface area (Å²) < 4.78 is 11.8. The molecule has 0 spiro atoms. The van der Waals surface area contributed by atoms with E-state index in [1.54, 1.807) is 11.3 Å². The first-order valence-electron chi connectivity index (χ1n) is 8.02. The maximum atomic E-state index is 5.91. The number of hydrogen-bond donors (Lipinski definition) is 0. The predicted octanol–water partition coefficient (Wildman–Crippen LogP) is 5.98. The largest absolute Gasteiger partial charge is 0.435 e. The van der Waals surface area contributed by atoms with Crippen LogP contribution in [0, 0.1) is 13.8 Å². The number of rotatable bonds is 2. The van der Waals surface area contributed by atoms with Gasteiger partial charge in [-0.1, -0.05) is 24.3 Å². The summed E-state index contributed by atoms with van der Waals surface area (Å²) in [6.45, 7) is 4.07. The van der Waals surface area contributed by atoms with Crippen molar-refractivity contribution in [1.29, 1.82) is 0 Å². The maximum Gasteiger partial charge on any atom is 0.237 e. The van der Waals surface area contributed by atoms with Crippen LogP contribution in [-0.2, 0) is 0 Å². The van der Waals surface area contributed by atoms with Crippen LogP contribution in [0.3, 0.4) is 0 Å². The van der Waals surface area contributed by atoms with Gasteiger partial charge in [-0.3, -0.25) is 0 Å². The molecule has 4 nitrogen and oxygen atoms in total. The molecular weight excluding hydrogens is 332 g/mol. The first kappa shape index (κ1) is 14.4. The van der Waals surface area contributed by atoms with Crippen LogP contribution in [0.15, 0.2) is 57.4 Å². The number of fused-ring (bicyclic) bond motifs is 2. The van der Waals surface area contributed by atoms with E-state index >= 15 is 0 Å². The number of thiophene rings is 1. The third kappa shape index (κ3) is 2.27. The molecule has 0 bridgehead atoms. The van der Waals surface area contributed by atoms with E-state index in [1.807, 2.05) is 62.4 Å². The van der Waals surface area contributed by atoms with Gasteiger partial charge < -0.3 is 8.83 Å². The number of hydrogen-bond acceptors (Lipinski definition) is 5. The summed E-state index contributed by atoms with van der Waals surface area (Å²) in [7, 11) is 0. The van der Waals surface area contributed by atoms with Crippen LogP contribution in [0.25, 0.3) is 43.7 Å². The van der Waals surface area contributed by atoms with Crippen LogP contribution in [0.2, 0.25) is 0 Å². The molecule has 0 radical (unpaired) electrons. The van der Waals surface area contributed by atoms with E-state index in [0.29, 0.717) is 11.8 Å². The summed E-state index contributed by atoms with van der Waals surface area (Å²) in [5, 5.41) is 0. The highest BCUT2D eigenvalue weighted by molar-refractivity contribution is 7.18. The van der Waals surface area contributed by atoms with Crippen molar-refractivity contribution >= 4 is 33.5 Å². The van der Waals surface area contributed by atoms with Crippen LogP contribution in [0.5, 0.6) is 0 Å². The normalized spacial score (nSPS) is 11.6. The lowest BCUT2D eigenvalue weighted by molar-refractivity contribution is 0.621. The van der Waals surface area contributed by atoms with Gasteiger partial charge in [0.25, 0.3) is 0 Å². The van der Waals surface area contributed by atoms with Gasteiger partial charge in [0.2, 0.25) is 11.8 Å². The smallest absolute Gasteiger partial charge is 0.237 e. The number of para-hydroxylation sites is 2. The van der Waals surface area contributed by atoms with Gasteiger partial charge in [-0.15, -0.1) is 11.3 Å². The van der Waals surface area contributed by atoms with Gasteiger partial charge >= 0.3 is 0 Å². The van der Waals surface area contributed by atoms with Crippen molar-refractivity contribution in [2.24, 2.45) is 0 Å². The van der Waals surface area contributed by atoms with Crippen molar-refractivity contribution < 1.29 is 8.83 Å². The summed E-state index contributed by atoms with van der Waals surface area (Å²) in [5.74, 6) is 1.26. The number of nitrogens with zero attached hydrogens (tertiary/aromatic N) is 2. The molecule has 0 fully saturated rings. The van der Waals surface area contributed by atoms with E-state index in [4.69, 9.17) is 8.83 Å². The molecule has 5 heteroatoms. The molecule has 3 aromatic heterocycles. The Morgan fingerprint density at radius 3 is 1.60 bits per heavy atom. The van der Waals surface area contributed by atoms with Crippen LogP contribution in [0.1, 0.15) is 11.1 Å². The third-order valence-electron chi connectivity index (χ3n) is 4.27. The molecule has 0 aliphatic heterocycles. The molecule has 0 amide bonds. The molecule has 2 aromatic carbocycles. The van der Waals surface area contributed by atoms with Crippen molar-refractivity contribution in [3.63, 3.8) is 0 Å². The third-order valence-corrected chi connectivity index (χ3v) is 5.33. The summed E-state index contributed by atoms with van der Waals surface area (Å²) in [6.07, 6.45) is 0. The summed E-state index contributed by atoms with van der Waals surface area (Å²) in [4.78, 5) is 11.2. The molecule has 25 heavy (non-hydrogen) atoms. The summed E-state index contributed by atoms with van der Waals surface area (Å²) in [5.41, 5.74) is 5.65. The number of oxazole rings is 2. The number of aryl methyl sites for hydroxylation is 2. The fraction of sp³-hybridized carbons (Fsp3) is 0.100. The van der Waals surface area contributed by atoms with Crippen LogP contribution >= 0.6 is 11.3 Å². The lowest BCUT2D eigenvalue weighted by atomic mass is 10.2. The highest BCUT2D eigenvalue weighted by Gasteiger charge is 2.16. The van der Waals surface area contributed by atoms with Gasteiger partial charge in [0.05, 0.1) is 9.75 Å². The van der Waals surface area contributed by atoms with Crippen molar-refractivity contribution in [2.75, 3.05) is 0 Å². The minimum atomic E-state index is 0.632. The van der Waals surface area contributed by atoms with Crippen LogP contribution in [-0.4, -0.2) is 9.97 Å². The molecule has 5 aromatic rings. The topological polar surface area (TPSA) is 52.1 Å². The van der Waals surface area contributed by atoms with Gasteiger partial charge in [0.1, 0.15) is 11.0 Å². The van der Waals surface area contributed by atoms with Crippen molar-refractivity contribution in [3.05, 3.63) is 59.7 Å². The predicted molar refractivity (Wildman–Crippen MR) is 99.8 cm³/mol. The Hall–Kier alpha value is -2.92. The lowest BCUT2D eigenvalue weighted by Gasteiger charge is -1.88. The average Bonchev–Trinajstić information content (AvgIpc) is 3.32. The highest BCUT2D eigenvalue weighted by atomic mass is 32.1. The number of benzene rings is 2. The van der Waals surface area contributed by atoms with Gasteiger partial charge in [-0.05, 0) is 49.2 Å². The van der Waals surface area contributed by atoms with E-state index in [1.165, 1.54) is 0 Å². The first-order chi connectivity index (χ1) is 12.2. The van der Waals surface area contributed by atoms with E-state index in [9.17, 15) is 0 Å². The average molecular weight is 346 g/mol. The molecule has 0 N–H and O–H groups in total. The fourth-order valence-electron chi connectivity index (χ4n) is 2.95. The Kier molecular flexibility index (Phi) is 3.05. The van der Waals surface area contributed by atoms with E-state index in [-0.39, 0.29) is 0 Å². The van der Waals surface area contributed by atoms with Crippen molar-refractivity contribution in [2.45, 2.75) is 13.8 Å². The second kappa shape index (κ2) is 5.29. The van der Waals surface area contributed by atoms with Crippen molar-refractivity contribution in [3.8, 4) is 21.5 Å². The monoisotopic (exact) mass is 346 g/mol. The summed E-state index contributed by atoms with van der Waals surface area (Å²) in [6, 6.07) is 15.9. The Balaban J connectivity index is 1.59. The Morgan fingerprint density at radius 2 is 1.16 bits per heavy atom. The van der Waals surface area contributed by atoms with Crippen molar-refractivity contribution in [1.82, 2.24) is 9.97 Å². The van der Waals surface area contributed by atoms with E-state index < -0.39 is 0 Å². The second-order valence-electron chi connectivity index (χ2n) is 6.05. The lowest BCUT2D eigenvalue weighted by Crippen LogP contribution is -1.75. The molecular formula is C20H14N2O2S. The zero-order valence-corrected chi connectivity index (χ0v) is 14.6. The molecule has 0 saturated carbocycles. The van der Waals surface area contributed by atoms with Gasteiger partial charge in [0, 0.05) is 0 Å². The molecule has 3 heterocycles. The molecule has 0 atom stereocenters. The van der Waals surface area contributed by atoms with Crippen LogP contribution in [0.4, 0.5) is 0 Å². The second-order valence-corrected chi connectivity index (χ2v) is 7.13. The SMILES string of the molecule is Cc1cccc2oc(-c3ccc(-c4nc5c(C)cccc5o4)s3)nc12. The maximum absolute atomic E-state index is 5.91. The fourth-order valence-corrected chi connectivity index (χ4v) is 3.81. The standard InChI is InChI=1S/C20H14N2O2S/c1-11-5-3-7-13-17(11)21-19(23-13)15-9-10-16(25-15)20-22-18-12(2)6-4-8-14(18)24-20/h3-10H,1-2H3. The molecule has 5 rings (SSSR count). The molecule has 0 unspecified atom stereocenters. The minimum Gasteiger partial charge on any atom is -0.435 e. The van der Waals surface area contributed by atoms with Crippen LogP contribution < -0.4 is 0 Å². The highest BCUT2D eigenvalue weighted by Crippen LogP contribution is 2.36. The number of aromatic nitrogens is 2. The Bertz CT molecular complexity index is 1130. The molecule has 0 aliphatic rings. The Labute approximate surface area is 147 Å². The minimum absolute atomic E-state index is 0.632. The first-order valence-corrected chi connectivity index (χ1v) is 8.83. The summed E-state index contributed by atoms with van der Waals surface area (Å²) >= 11 is 1.57. The van der Waals surface area contributed by atoms with Gasteiger partial charge in [-0.2, -0.15) is 0 Å². The van der Waals surface area contributed by atoms with Gasteiger partial charge in [-0.25, -0.2) is 9.97 Å². The quantitative estimate of drug-likeness (QED) is 0.394. The molecule has 0 saturated heterocycles. The molecule has 0 aliphatic carbocycles. The van der Waals surface area contributed by atoms with Gasteiger partial charge in [0.15, 0.2) is 11.2 Å². The molecule has 122 valence electrons. The zero-order chi connectivity index (χ0) is 17.0. The van der Waals surface area contributed by atoms with E-state index in [2.05, 4.69) is 9.97 Å². The van der Waals surface area contributed by atoms with E-state index in [0.717, 1.165) is 43.1 Å². The Morgan fingerprint density at radius 1 is 0.680 bits per heavy atom. The zero-order valence-electron chi connectivity index (χ0n) is 13.7.